The molecule has 22 heavy (non-hydrogen) atoms. The summed E-state index contributed by atoms with van der Waals surface area (Å²) >= 11 is 5.88. The molecular weight excluding hydrogens is 304 g/mol. The summed E-state index contributed by atoms with van der Waals surface area (Å²) in [7, 11) is 3.15. The van der Waals surface area contributed by atoms with Crippen molar-refractivity contribution >= 4 is 11.6 Å². The van der Waals surface area contributed by atoms with Crippen LogP contribution in [0.25, 0.3) is 22.8 Å². The molecular formula is C16H13ClN2O3. The van der Waals surface area contributed by atoms with Crippen LogP contribution in [-0.4, -0.2) is 24.4 Å². The van der Waals surface area contributed by atoms with E-state index in [9.17, 15) is 0 Å². The van der Waals surface area contributed by atoms with Crippen molar-refractivity contribution in [2.45, 2.75) is 0 Å². The van der Waals surface area contributed by atoms with Crippen molar-refractivity contribution in [3.05, 3.63) is 47.5 Å². The normalized spacial score (nSPS) is 10.5. The number of benzene rings is 2. The molecule has 1 heterocycles. The van der Waals surface area contributed by atoms with Crippen molar-refractivity contribution in [1.29, 1.82) is 0 Å². The zero-order valence-corrected chi connectivity index (χ0v) is 12.8. The fraction of sp³-hybridized carbons (Fsp3) is 0.125. The van der Waals surface area contributed by atoms with Crippen LogP contribution in [-0.2, 0) is 0 Å². The molecule has 0 aliphatic carbocycles. The quantitative estimate of drug-likeness (QED) is 0.726. The van der Waals surface area contributed by atoms with Crippen LogP contribution >= 0.6 is 11.6 Å². The highest BCUT2D eigenvalue weighted by Crippen LogP contribution is 2.37. The molecule has 5 nitrogen and oxygen atoms in total. The molecule has 0 radical (unpaired) electrons. The summed E-state index contributed by atoms with van der Waals surface area (Å²) in [5, 5.41) is 4.65. The minimum absolute atomic E-state index is 0.362. The third-order valence-corrected chi connectivity index (χ3v) is 3.41. The van der Waals surface area contributed by atoms with E-state index in [0.29, 0.717) is 33.8 Å². The average molecular weight is 317 g/mol. The number of nitrogens with zero attached hydrogens (tertiary/aromatic N) is 2. The standard InChI is InChI=1S/C16H13ClN2O3/c1-20-13-5-3-4-12(14(13)21-2)16-18-15(19-22-16)10-6-8-11(17)9-7-10/h3-9H,1-2H3. The number of para-hydroxylation sites is 1. The summed E-state index contributed by atoms with van der Waals surface area (Å²) in [6.07, 6.45) is 0. The van der Waals surface area contributed by atoms with Gasteiger partial charge in [-0.05, 0) is 36.4 Å². The van der Waals surface area contributed by atoms with Gasteiger partial charge >= 0.3 is 0 Å². The van der Waals surface area contributed by atoms with Crippen molar-refractivity contribution in [3.8, 4) is 34.3 Å². The highest BCUT2D eigenvalue weighted by atomic mass is 35.5. The van der Waals surface area contributed by atoms with Gasteiger partial charge in [-0.3, -0.25) is 0 Å². The van der Waals surface area contributed by atoms with Gasteiger partial charge in [0.2, 0.25) is 5.82 Å². The first-order valence-corrected chi connectivity index (χ1v) is 6.91. The van der Waals surface area contributed by atoms with Crippen LogP contribution in [0.2, 0.25) is 5.02 Å². The van der Waals surface area contributed by atoms with E-state index in [4.69, 9.17) is 25.6 Å². The number of halogens is 1. The summed E-state index contributed by atoms with van der Waals surface area (Å²) in [6.45, 7) is 0. The van der Waals surface area contributed by atoms with Gasteiger partial charge in [0, 0.05) is 10.6 Å². The lowest BCUT2D eigenvalue weighted by atomic mass is 10.2. The van der Waals surface area contributed by atoms with Gasteiger partial charge in [0.25, 0.3) is 5.89 Å². The predicted molar refractivity (Wildman–Crippen MR) is 83.3 cm³/mol. The smallest absolute Gasteiger partial charge is 0.262 e. The fourth-order valence-corrected chi connectivity index (χ4v) is 2.23. The van der Waals surface area contributed by atoms with Gasteiger partial charge in [-0.1, -0.05) is 22.8 Å². The lowest BCUT2D eigenvalue weighted by Gasteiger charge is -2.09. The van der Waals surface area contributed by atoms with Crippen molar-refractivity contribution in [3.63, 3.8) is 0 Å². The average Bonchev–Trinajstić information content (AvgIpc) is 3.04. The van der Waals surface area contributed by atoms with Crippen LogP contribution in [0, 0.1) is 0 Å². The van der Waals surface area contributed by atoms with E-state index in [-0.39, 0.29) is 0 Å². The van der Waals surface area contributed by atoms with Gasteiger partial charge in [-0.25, -0.2) is 0 Å². The summed E-state index contributed by atoms with van der Waals surface area (Å²) in [6, 6.07) is 12.7. The lowest BCUT2D eigenvalue weighted by molar-refractivity contribution is 0.353. The van der Waals surface area contributed by atoms with Crippen molar-refractivity contribution in [2.75, 3.05) is 14.2 Å². The van der Waals surface area contributed by atoms with Gasteiger partial charge in [-0.15, -0.1) is 0 Å². The van der Waals surface area contributed by atoms with E-state index >= 15 is 0 Å². The number of hydrogen-bond acceptors (Lipinski definition) is 5. The van der Waals surface area contributed by atoms with Gasteiger partial charge in [0.15, 0.2) is 11.5 Å². The number of rotatable bonds is 4. The van der Waals surface area contributed by atoms with Crippen LogP contribution in [0.5, 0.6) is 11.5 Å². The second-order valence-electron chi connectivity index (χ2n) is 4.47. The van der Waals surface area contributed by atoms with Crippen LogP contribution in [0.3, 0.4) is 0 Å². The summed E-state index contributed by atoms with van der Waals surface area (Å²) in [4.78, 5) is 4.41. The van der Waals surface area contributed by atoms with Gasteiger partial charge in [0.1, 0.15) is 0 Å². The molecule has 0 bridgehead atoms. The Balaban J connectivity index is 2.02. The topological polar surface area (TPSA) is 57.4 Å². The minimum atomic E-state index is 0.362. The highest BCUT2D eigenvalue weighted by molar-refractivity contribution is 6.30. The third-order valence-electron chi connectivity index (χ3n) is 3.16. The Kier molecular flexibility index (Phi) is 3.98. The predicted octanol–water partition coefficient (Wildman–Crippen LogP) is 4.07. The number of methoxy groups -OCH3 is 2. The molecule has 3 rings (SSSR count). The van der Waals surface area contributed by atoms with E-state index < -0.39 is 0 Å². The second-order valence-corrected chi connectivity index (χ2v) is 4.91. The summed E-state index contributed by atoms with van der Waals surface area (Å²) in [5.41, 5.74) is 1.50. The van der Waals surface area contributed by atoms with E-state index in [2.05, 4.69) is 10.1 Å². The first kappa shape index (κ1) is 14.4. The molecule has 0 aliphatic rings. The molecule has 2 aromatic carbocycles. The lowest BCUT2D eigenvalue weighted by Crippen LogP contribution is -1.93. The Morgan fingerprint density at radius 2 is 1.77 bits per heavy atom. The fourth-order valence-electron chi connectivity index (χ4n) is 2.10. The molecule has 0 unspecified atom stereocenters. The van der Waals surface area contributed by atoms with Gasteiger partial charge < -0.3 is 14.0 Å². The van der Waals surface area contributed by atoms with Gasteiger partial charge in [0.05, 0.1) is 19.8 Å². The van der Waals surface area contributed by atoms with Crippen LogP contribution < -0.4 is 9.47 Å². The van der Waals surface area contributed by atoms with Gasteiger partial charge in [-0.2, -0.15) is 4.98 Å². The molecule has 0 saturated carbocycles. The second kappa shape index (κ2) is 6.07. The maximum atomic E-state index is 5.88. The molecule has 112 valence electrons. The largest absolute Gasteiger partial charge is 0.493 e. The highest BCUT2D eigenvalue weighted by Gasteiger charge is 2.17. The first-order chi connectivity index (χ1) is 10.7. The molecule has 0 aliphatic heterocycles. The molecule has 0 amide bonds. The summed E-state index contributed by atoms with van der Waals surface area (Å²) < 4.78 is 16.0. The Labute approximate surface area is 132 Å². The Bertz CT molecular complexity index is 784. The summed E-state index contributed by atoms with van der Waals surface area (Å²) in [5.74, 6) is 2.00. The maximum absolute atomic E-state index is 5.88. The molecule has 3 aromatic rings. The maximum Gasteiger partial charge on any atom is 0.262 e. The van der Waals surface area contributed by atoms with Crippen molar-refractivity contribution in [2.24, 2.45) is 0 Å². The minimum Gasteiger partial charge on any atom is -0.493 e. The molecule has 0 fully saturated rings. The zero-order chi connectivity index (χ0) is 15.5. The third kappa shape index (κ3) is 2.63. The SMILES string of the molecule is COc1cccc(-c2nc(-c3ccc(Cl)cc3)no2)c1OC. The van der Waals surface area contributed by atoms with Crippen LogP contribution in [0.15, 0.2) is 47.0 Å². The Hall–Kier alpha value is -2.53. The van der Waals surface area contributed by atoms with E-state index in [1.807, 2.05) is 24.3 Å². The monoisotopic (exact) mass is 316 g/mol. The zero-order valence-electron chi connectivity index (χ0n) is 12.0. The molecule has 1 aromatic heterocycles. The van der Waals surface area contributed by atoms with E-state index in [1.165, 1.54) is 0 Å². The molecule has 6 heteroatoms. The molecule has 0 spiro atoms. The molecule has 0 atom stereocenters. The van der Waals surface area contributed by atoms with E-state index in [0.717, 1.165) is 5.56 Å². The van der Waals surface area contributed by atoms with Crippen LogP contribution in [0.1, 0.15) is 0 Å². The number of ether oxygens (including phenoxy) is 2. The number of aromatic nitrogens is 2. The first-order valence-electron chi connectivity index (χ1n) is 6.54. The number of hydrogen-bond donors (Lipinski definition) is 0. The van der Waals surface area contributed by atoms with Crippen molar-refractivity contribution < 1.29 is 14.0 Å². The Morgan fingerprint density at radius 1 is 1.00 bits per heavy atom. The van der Waals surface area contributed by atoms with E-state index in [1.54, 1.807) is 32.4 Å². The molecule has 0 saturated heterocycles. The van der Waals surface area contributed by atoms with Crippen LogP contribution in [0.4, 0.5) is 0 Å². The Morgan fingerprint density at radius 3 is 2.45 bits per heavy atom. The molecule has 0 N–H and O–H groups in total. The van der Waals surface area contributed by atoms with Crippen molar-refractivity contribution in [1.82, 2.24) is 10.1 Å².